The van der Waals surface area contributed by atoms with Gasteiger partial charge in [-0.1, -0.05) is 12.1 Å². The van der Waals surface area contributed by atoms with Gasteiger partial charge >= 0.3 is 0 Å². The molecule has 0 saturated carbocycles. The Labute approximate surface area is 248 Å². The quantitative estimate of drug-likeness (QED) is 0.204. The Hall–Kier alpha value is -5.84. The molecule has 44 heavy (non-hydrogen) atoms. The molecule has 0 aliphatic carbocycles. The predicted octanol–water partition coefficient (Wildman–Crippen LogP) is 7.01. The van der Waals surface area contributed by atoms with Crippen LogP contribution in [0.5, 0.6) is 17.2 Å². The zero-order valence-electron chi connectivity index (χ0n) is 23.1. The highest BCUT2D eigenvalue weighted by Gasteiger charge is 2.21. The van der Waals surface area contributed by atoms with Gasteiger partial charge in [0, 0.05) is 41.5 Å². The molecule has 0 fully saturated rings. The van der Waals surface area contributed by atoms with Crippen LogP contribution in [0.2, 0.25) is 0 Å². The number of benzene rings is 3. The number of carbonyl (C=O) groups excluding carboxylic acids is 1. The second-order valence-electron chi connectivity index (χ2n) is 9.57. The number of ether oxygens (including phenoxy) is 2. The lowest BCUT2D eigenvalue weighted by atomic mass is 10.1. The lowest BCUT2D eigenvalue weighted by molar-refractivity contribution is 0.102. The van der Waals surface area contributed by atoms with E-state index in [-0.39, 0.29) is 35.2 Å². The van der Waals surface area contributed by atoms with Crippen molar-refractivity contribution in [3.05, 3.63) is 137 Å². The van der Waals surface area contributed by atoms with Gasteiger partial charge in [-0.15, -0.1) is 0 Å². The summed E-state index contributed by atoms with van der Waals surface area (Å²) in [5, 5.41) is 6.81. The summed E-state index contributed by atoms with van der Waals surface area (Å²) in [4.78, 5) is 26.7. The minimum absolute atomic E-state index is 0.0413. The van der Waals surface area contributed by atoms with Gasteiger partial charge in [0.1, 0.15) is 28.5 Å². The Balaban J connectivity index is 1.28. The number of aromatic nitrogens is 3. The summed E-state index contributed by atoms with van der Waals surface area (Å²) in [6.45, 7) is 1.89. The van der Waals surface area contributed by atoms with Crippen LogP contribution in [0.25, 0.3) is 22.3 Å². The van der Waals surface area contributed by atoms with Crippen LogP contribution in [0.15, 0.2) is 108 Å². The maximum atomic E-state index is 15.3. The molecule has 3 aromatic heterocycles. The summed E-state index contributed by atoms with van der Waals surface area (Å²) in [6, 6.07) is 19.8. The SMILES string of the molecule is CCOc1ccn(-c2ccc(F)cc2)c(=O)c1C(=O)Nc1ccc(Oc2ccnn3ccc(-c4ccc(F)cc4)c23)c(F)c1. The Bertz CT molecular complexity index is 2060. The number of carbonyl (C=O) groups is 1. The number of hydrogen-bond acceptors (Lipinski definition) is 5. The van der Waals surface area contributed by atoms with Crippen LogP contribution in [0.4, 0.5) is 18.9 Å². The van der Waals surface area contributed by atoms with Gasteiger partial charge in [-0.3, -0.25) is 14.2 Å². The fourth-order valence-corrected chi connectivity index (χ4v) is 4.74. The van der Waals surface area contributed by atoms with E-state index in [1.54, 1.807) is 41.9 Å². The minimum atomic E-state index is -0.823. The molecule has 0 atom stereocenters. The van der Waals surface area contributed by atoms with Crippen LogP contribution in [0.3, 0.4) is 0 Å². The van der Waals surface area contributed by atoms with Crippen molar-refractivity contribution in [1.29, 1.82) is 0 Å². The number of anilines is 1. The molecule has 0 radical (unpaired) electrons. The maximum absolute atomic E-state index is 15.3. The highest BCUT2D eigenvalue weighted by Crippen LogP contribution is 2.35. The number of amides is 1. The van der Waals surface area contributed by atoms with E-state index in [1.165, 1.54) is 71.6 Å². The number of rotatable bonds is 8. The van der Waals surface area contributed by atoms with Crippen molar-refractivity contribution < 1.29 is 27.4 Å². The maximum Gasteiger partial charge on any atom is 0.271 e. The molecular weight excluding hydrogens is 573 g/mol. The second-order valence-corrected chi connectivity index (χ2v) is 9.57. The smallest absolute Gasteiger partial charge is 0.271 e. The monoisotopic (exact) mass is 596 g/mol. The van der Waals surface area contributed by atoms with Crippen molar-refractivity contribution in [2.75, 3.05) is 11.9 Å². The number of fused-ring (bicyclic) bond motifs is 1. The van der Waals surface area contributed by atoms with Crippen molar-refractivity contribution in [1.82, 2.24) is 14.2 Å². The third-order valence-corrected chi connectivity index (χ3v) is 6.77. The van der Waals surface area contributed by atoms with Gasteiger partial charge in [0.25, 0.3) is 11.5 Å². The first-order valence-electron chi connectivity index (χ1n) is 13.5. The highest BCUT2D eigenvalue weighted by atomic mass is 19.1. The van der Waals surface area contributed by atoms with E-state index in [4.69, 9.17) is 9.47 Å². The number of pyridine rings is 1. The van der Waals surface area contributed by atoms with E-state index in [1.807, 2.05) is 0 Å². The van der Waals surface area contributed by atoms with Crippen molar-refractivity contribution in [3.8, 4) is 34.1 Å². The van der Waals surface area contributed by atoms with Crippen molar-refractivity contribution >= 4 is 17.1 Å². The number of nitrogens with one attached hydrogen (secondary N) is 1. The molecule has 0 saturated heterocycles. The van der Waals surface area contributed by atoms with Gasteiger partial charge in [-0.2, -0.15) is 5.10 Å². The number of hydrogen-bond donors (Lipinski definition) is 1. The average molecular weight is 597 g/mol. The molecule has 0 aliphatic heterocycles. The zero-order chi connectivity index (χ0) is 30.8. The third-order valence-electron chi connectivity index (χ3n) is 6.77. The molecule has 1 N–H and O–H groups in total. The molecule has 0 spiro atoms. The molecule has 3 heterocycles. The van der Waals surface area contributed by atoms with Gasteiger partial charge in [-0.25, -0.2) is 17.7 Å². The van der Waals surface area contributed by atoms with Gasteiger partial charge in [-0.05, 0) is 73.2 Å². The predicted molar refractivity (Wildman–Crippen MR) is 158 cm³/mol. The fourth-order valence-electron chi connectivity index (χ4n) is 4.74. The van der Waals surface area contributed by atoms with E-state index >= 15 is 4.39 Å². The normalized spacial score (nSPS) is 11.0. The molecular formula is C33H23F3N4O4. The summed E-state index contributed by atoms with van der Waals surface area (Å²) in [5.41, 5.74) is 1.37. The van der Waals surface area contributed by atoms with Crippen LogP contribution >= 0.6 is 0 Å². The van der Waals surface area contributed by atoms with Crippen LogP contribution in [0, 0.1) is 17.5 Å². The van der Waals surface area contributed by atoms with E-state index in [9.17, 15) is 18.4 Å². The molecule has 0 aliphatic rings. The number of nitrogens with zero attached hydrogens (tertiary/aromatic N) is 3. The molecule has 0 bridgehead atoms. The summed E-state index contributed by atoms with van der Waals surface area (Å²) in [6.07, 6.45) is 4.63. The largest absolute Gasteiger partial charge is 0.493 e. The van der Waals surface area contributed by atoms with Gasteiger partial charge in [0.2, 0.25) is 0 Å². The standard InChI is InChI=1S/C33H23F3N4O4/c1-2-43-28-15-17-39(24-10-7-22(35)8-11-24)33(42)30(28)32(41)38-23-9-12-27(26(36)19-23)44-29-13-16-37-40-18-14-25(31(29)40)20-3-5-21(34)6-4-20/h3-19H,2H2,1H3,(H,38,41). The summed E-state index contributed by atoms with van der Waals surface area (Å²) < 4.78 is 56.4. The second kappa shape index (κ2) is 11.8. The third kappa shape index (κ3) is 5.50. The van der Waals surface area contributed by atoms with Crippen LogP contribution in [-0.4, -0.2) is 26.7 Å². The van der Waals surface area contributed by atoms with E-state index < -0.39 is 23.1 Å². The van der Waals surface area contributed by atoms with E-state index in [0.29, 0.717) is 22.5 Å². The summed E-state index contributed by atoms with van der Waals surface area (Å²) in [7, 11) is 0. The van der Waals surface area contributed by atoms with Gasteiger partial charge in [0.05, 0.1) is 12.8 Å². The van der Waals surface area contributed by atoms with Crippen LogP contribution in [-0.2, 0) is 0 Å². The van der Waals surface area contributed by atoms with Crippen LogP contribution < -0.4 is 20.3 Å². The summed E-state index contributed by atoms with van der Waals surface area (Å²) in [5.74, 6) is -2.25. The molecule has 11 heteroatoms. The molecule has 8 nitrogen and oxygen atoms in total. The lowest BCUT2D eigenvalue weighted by Crippen LogP contribution is -2.29. The van der Waals surface area contributed by atoms with Crippen molar-refractivity contribution in [2.45, 2.75) is 6.92 Å². The van der Waals surface area contributed by atoms with Crippen molar-refractivity contribution in [3.63, 3.8) is 0 Å². The molecule has 6 aromatic rings. The van der Waals surface area contributed by atoms with Crippen molar-refractivity contribution in [2.24, 2.45) is 0 Å². The van der Waals surface area contributed by atoms with Crippen LogP contribution in [0.1, 0.15) is 17.3 Å². The van der Waals surface area contributed by atoms with E-state index in [0.717, 1.165) is 11.6 Å². The highest BCUT2D eigenvalue weighted by molar-refractivity contribution is 6.06. The fraction of sp³-hybridized carbons (Fsp3) is 0.0606. The molecule has 3 aromatic carbocycles. The first kappa shape index (κ1) is 28.3. The lowest BCUT2D eigenvalue weighted by Gasteiger charge is -2.14. The summed E-state index contributed by atoms with van der Waals surface area (Å²) >= 11 is 0. The molecule has 220 valence electrons. The van der Waals surface area contributed by atoms with Gasteiger partial charge in [0.15, 0.2) is 17.3 Å². The first-order valence-corrected chi connectivity index (χ1v) is 13.5. The molecule has 1 amide bonds. The Kier molecular flexibility index (Phi) is 7.59. The van der Waals surface area contributed by atoms with Gasteiger partial charge < -0.3 is 14.8 Å². The van der Waals surface area contributed by atoms with E-state index in [2.05, 4.69) is 10.4 Å². The Morgan fingerprint density at radius 3 is 2.27 bits per heavy atom. The number of halogens is 3. The Morgan fingerprint density at radius 2 is 1.57 bits per heavy atom. The first-order chi connectivity index (χ1) is 21.3. The Morgan fingerprint density at radius 1 is 0.841 bits per heavy atom. The molecule has 0 unspecified atom stereocenters. The minimum Gasteiger partial charge on any atom is -0.493 e. The average Bonchev–Trinajstić information content (AvgIpc) is 3.45. The molecule has 6 rings (SSSR count). The topological polar surface area (TPSA) is 86.9 Å². The zero-order valence-corrected chi connectivity index (χ0v) is 23.1.